The Kier molecular flexibility index (Phi) is 9.23. The molecule has 23 heavy (non-hydrogen) atoms. The molecule has 3 rings (SSSR count). The van der Waals surface area contributed by atoms with Crippen molar-refractivity contribution in [3.8, 4) is 0 Å². The van der Waals surface area contributed by atoms with Crippen LogP contribution in [0.2, 0.25) is 0 Å². The minimum Gasteiger partial charge on any atom is -0.314 e. The van der Waals surface area contributed by atoms with E-state index in [0.29, 0.717) is 6.04 Å². The molecule has 0 saturated carbocycles. The summed E-state index contributed by atoms with van der Waals surface area (Å²) >= 11 is 0. The van der Waals surface area contributed by atoms with E-state index in [4.69, 9.17) is 0 Å². The SMILES string of the molecule is C.Cc1ccc[c-]c1CC(c1ccccc1)N1CCNCC1.[Y]. The molecule has 0 aromatic heterocycles. The van der Waals surface area contributed by atoms with Crippen LogP contribution >= 0.6 is 0 Å². The molecule has 2 aromatic rings. The number of nitrogens with one attached hydrogen (secondary N) is 1. The second kappa shape index (κ2) is 10.4. The Morgan fingerprint density at radius 1 is 1.09 bits per heavy atom. The van der Waals surface area contributed by atoms with Gasteiger partial charge in [-0.2, -0.15) is 35.4 Å². The first-order chi connectivity index (χ1) is 10.3. The summed E-state index contributed by atoms with van der Waals surface area (Å²) < 4.78 is 0. The summed E-state index contributed by atoms with van der Waals surface area (Å²) in [5.74, 6) is 0. The molecule has 1 radical (unpaired) electrons. The van der Waals surface area contributed by atoms with Gasteiger partial charge in [0, 0.05) is 64.9 Å². The Bertz CT molecular complexity index is 565. The van der Waals surface area contributed by atoms with Crippen molar-refractivity contribution in [3.05, 3.63) is 71.3 Å². The fourth-order valence-electron chi connectivity index (χ4n) is 3.10. The Labute approximate surface area is 166 Å². The normalized spacial score (nSPS) is 16.0. The van der Waals surface area contributed by atoms with Crippen LogP contribution in [0, 0.1) is 13.0 Å². The van der Waals surface area contributed by atoms with Crippen LogP contribution in [0.3, 0.4) is 0 Å². The number of rotatable bonds is 4. The van der Waals surface area contributed by atoms with Crippen LogP contribution in [0.4, 0.5) is 0 Å². The third kappa shape index (κ3) is 5.50. The average molecular weight is 384 g/mol. The topological polar surface area (TPSA) is 15.3 Å². The minimum atomic E-state index is 0. The predicted molar refractivity (Wildman–Crippen MR) is 94.1 cm³/mol. The van der Waals surface area contributed by atoms with Crippen molar-refractivity contribution in [2.45, 2.75) is 26.8 Å². The van der Waals surface area contributed by atoms with Gasteiger partial charge >= 0.3 is 0 Å². The molecule has 1 N–H and O–H groups in total. The summed E-state index contributed by atoms with van der Waals surface area (Å²) in [6.45, 7) is 6.59. The number of aryl methyl sites for hydroxylation is 1. The summed E-state index contributed by atoms with van der Waals surface area (Å²) in [7, 11) is 0. The van der Waals surface area contributed by atoms with Gasteiger partial charge in [0.25, 0.3) is 0 Å². The Morgan fingerprint density at radius 3 is 2.43 bits per heavy atom. The number of hydrogen-bond donors (Lipinski definition) is 1. The van der Waals surface area contributed by atoms with Crippen LogP contribution in [-0.4, -0.2) is 31.1 Å². The van der Waals surface area contributed by atoms with Crippen LogP contribution in [0.5, 0.6) is 0 Å². The first kappa shape index (κ1) is 20.5. The first-order valence-electron chi connectivity index (χ1n) is 7.80. The second-order valence-corrected chi connectivity index (χ2v) is 5.75. The van der Waals surface area contributed by atoms with Gasteiger partial charge in [-0.3, -0.25) is 4.90 Å². The zero-order valence-electron chi connectivity index (χ0n) is 13.3. The van der Waals surface area contributed by atoms with Crippen LogP contribution in [0.1, 0.15) is 30.2 Å². The fraction of sp³-hybridized carbons (Fsp3) is 0.400. The van der Waals surface area contributed by atoms with Crippen LogP contribution < -0.4 is 5.32 Å². The monoisotopic (exact) mass is 384 g/mol. The molecule has 2 aromatic carbocycles. The van der Waals surface area contributed by atoms with Crippen molar-refractivity contribution in [2.24, 2.45) is 0 Å². The van der Waals surface area contributed by atoms with Crippen LogP contribution in [-0.2, 0) is 39.1 Å². The van der Waals surface area contributed by atoms with Crippen molar-refractivity contribution in [3.63, 3.8) is 0 Å². The van der Waals surface area contributed by atoms with Crippen molar-refractivity contribution in [1.82, 2.24) is 10.2 Å². The maximum atomic E-state index is 3.45. The van der Waals surface area contributed by atoms with Crippen molar-refractivity contribution in [1.29, 1.82) is 0 Å². The molecule has 1 saturated heterocycles. The van der Waals surface area contributed by atoms with Crippen LogP contribution in [0.15, 0.2) is 48.5 Å². The van der Waals surface area contributed by atoms with Gasteiger partial charge in [-0.15, -0.1) is 0 Å². The molecular formula is C20H27N2Y-. The zero-order chi connectivity index (χ0) is 14.5. The predicted octanol–water partition coefficient (Wildman–Crippen LogP) is 3.62. The van der Waals surface area contributed by atoms with E-state index >= 15 is 0 Å². The summed E-state index contributed by atoms with van der Waals surface area (Å²) in [5.41, 5.74) is 4.09. The summed E-state index contributed by atoms with van der Waals surface area (Å²) in [5, 5.41) is 3.45. The van der Waals surface area contributed by atoms with Gasteiger partial charge in [0.15, 0.2) is 0 Å². The van der Waals surface area contributed by atoms with Gasteiger partial charge in [-0.1, -0.05) is 44.7 Å². The Balaban J connectivity index is 0.00000132. The molecular weight excluding hydrogens is 357 g/mol. The van der Waals surface area contributed by atoms with Gasteiger partial charge in [-0.05, 0) is 12.0 Å². The van der Waals surface area contributed by atoms with E-state index in [9.17, 15) is 0 Å². The molecule has 0 spiro atoms. The van der Waals surface area contributed by atoms with E-state index in [-0.39, 0.29) is 40.1 Å². The molecule has 0 aliphatic carbocycles. The largest absolute Gasteiger partial charge is 0.314 e. The van der Waals surface area contributed by atoms with Crippen LogP contribution in [0.25, 0.3) is 0 Å². The Morgan fingerprint density at radius 2 is 1.78 bits per heavy atom. The third-order valence-electron chi connectivity index (χ3n) is 4.35. The Hall–Kier alpha value is -0.536. The van der Waals surface area contributed by atoms with E-state index in [1.807, 2.05) is 6.07 Å². The van der Waals surface area contributed by atoms with E-state index in [1.54, 1.807) is 0 Å². The van der Waals surface area contributed by atoms with Crippen molar-refractivity contribution in [2.75, 3.05) is 26.2 Å². The van der Waals surface area contributed by atoms with E-state index in [0.717, 1.165) is 32.6 Å². The van der Waals surface area contributed by atoms with Crippen molar-refractivity contribution >= 4 is 0 Å². The quantitative estimate of drug-likeness (QED) is 0.811. The minimum absolute atomic E-state index is 0. The number of benzene rings is 2. The molecule has 1 heterocycles. The van der Waals surface area contributed by atoms with Gasteiger partial charge in [-0.25, -0.2) is 0 Å². The fourth-order valence-corrected chi connectivity index (χ4v) is 3.10. The third-order valence-corrected chi connectivity index (χ3v) is 4.35. The van der Waals surface area contributed by atoms with Gasteiger partial charge in [0.05, 0.1) is 0 Å². The molecule has 121 valence electrons. The molecule has 1 unspecified atom stereocenters. The standard InChI is InChI=1S/C19H23N2.CH4.Y/c1-16-7-5-6-10-18(16)15-19(17-8-3-2-4-9-17)21-13-11-20-12-14-21;;/h2-9,19-20H,11-15H2,1H3;1H4;/q-1;;. The number of piperazine rings is 1. The average Bonchev–Trinajstić information content (AvgIpc) is 2.56. The molecule has 1 aliphatic heterocycles. The molecule has 1 aliphatic rings. The maximum absolute atomic E-state index is 3.45. The second-order valence-electron chi connectivity index (χ2n) is 5.75. The zero-order valence-corrected chi connectivity index (χ0v) is 16.1. The van der Waals surface area contributed by atoms with E-state index < -0.39 is 0 Å². The van der Waals surface area contributed by atoms with E-state index in [2.05, 4.69) is 65.7 Å². The number of nitrogens with zero attached hydrogens (tertiary/aromatic N) is 1. The molecule has 3 heteroatoms. The summed E-state index contributed by atoms with van der Waals surface area (Å²) in [4.78, 5) is 2.60. The summed E-state index contributed by atoms with van der Waals surface area (Å²) in [6, 6.07) is 21.1. The smallest absolute Gasteiger partial charge is 0.0369 e. The first-order valence-corrected chi connectivity index (χ1v) is 7.80. The van der Waals surface area contributed by atoms with Gasteiger partial charge < -0.3 is 5.32 Å². The van der Waals surface area contributed by atoms with Gasteiger partial charge in [0.1, 0.15) is 0 Å². The molecule has 1 atom stereocenters. The van der Waals surface area contributed by atoms with Crippen molar-refractivity contribution < 1.29 is 32.7 Å². The molecule has 2 nitrogen and oxygen atoms in total. The molecule has 0 amide bonds. The number of hydrogen-bond acceptors (Lipinski definition) is 2. The molecule has 0 bridgehead atoms. The maximum Gasteiger partial charge on any atom is 0.0369 e. The van der Waals surface area contributed by atoms with E-state index in [1.165, 1.54) is 16.7 Å². The summed E-state index contributed by atoms with van der Waals surface area (Å²) in [6.07, 6.45) is 1.04. The molecule has 1 fully saturated rings. The van der Waals surface area contributed by atoms with Gasteiger partial charge in [0.2, 0.25) is 0 Å².